The molecule has 228 valence electrons. The molecule has 0 aliphatic heterocycles. The van der Waals surface area contributed by atoms with E-state index in [1.807, 2.05) is 6.26 Å². The SMILES string of the molecule is CSCCC(N)C(=O)NC(CCC(=O)O)C(=O)NC(Cc1ccc(O)cc1)C(=O)NC(Cc1ccc(O)cc1)C(=O)O. The molecule has 0 saturated carbocycles. The Morgan fingerprint density at radius 2 is 1.17 bits per heavy atom. The number of hydrogen-bond donors (Lipinski definition) is 8. The number of carboxylic acids is 2. The first kappa shape index (κ1) is 33.9. The second kappa shape index (κ2) is 16.8. The molecule has 13 nitrogen and oxygen atoms in total. The molecule has 0 heterocycles. The van der Waals surface area contributed by atoms with Crippen LogP contribution in [0.2, 0.25) is 0 Å². The van der Waals surface area contributed by atoms with Crippen molar-refractivity contribution in [2.75, 3.05) is 12.0 Å². The number of carbonyl (C=O) groups is 5. The van der Waals surface area contributed by atoms with E-state index in [4.69, 9.17) is 10.8 Å². The van der Waals surface area contributed by atoms with Gasteiger partial charge in [-0.2, -0.15) is 11.8 Å². The minimum Gasteiger partial charge on any atom is -0.508 e. The van der Waals surface area contributed by atoms with Crippen molar-refractivity contribution in [2.45, 2.75) is 56.3 Å². The number of thioether (sulfide) groups is 1. The Hall–Kier alpha value is -4.30. The summed E-state index contributed by atoms with van der Waals surface area (Å²) in [4.78, 5) is 62.5. The van der Waals surface area contributed by atoms with E-state index in [0.717, 1.165) is 0 Å². The van der Waals surface area contributed by atoms with Crippen LogP contribution in [0.5, 0.6) is 11.5 Å². The van der Waals surface area contributed by atoms with Crippen molar-refractivity contribution in [3.8, 4) is 11.5 Å². The predicted octanol–water partition coefficient (Wildman–Crippen LogP) is 0.367. The van der Waals surface area contributed by atoms with E-state index in [2.05, 4.69) is 16.0 Å². The van der Waals surface area contributed by atoms with E-state index in [9.17, 15) is 39.3 Å². The highest BCUT2D eigenvalue weighted by molar-refractivity contribution is 7.98. The van der Waals surface area contributed by atoms with Gasteiger partial charge in [0.1, 0.15) is 29.6 Å². The lowest BCUT2D eigenvalue weighted by Crippen LogP contribution is -2.58. The van der Waals surface area contributed by atoms with E-state index in [1.54, 1.807) is 0 Å². The number of nitrogens with two attached hydrogens (primary N) is 1. The molecule has 0 aromatic heterocycles. The van der Waals surface area contributed by atoms with Gasteiger partial charge < -0.3 is 42.1 Å². The van der Waals surface area contributed by atoms with Crippen molar-refractivity contribution < 1.29 is 44.4 Å². The van der Waals surface area contributed by atoms with Crippen LogP contribution in [0.1, 0.15) is 30.4 Å². The Bertz CT molecular complexity index is 1220. The Morgan fingerprint density at radius 3 is 1.64 bits per heavy atom. The summed E-state index contributed by atoms with van der Waals surface area (Å²) in [6.07, 6.45) is 1.19. The number of phenolic OH excluding ortho intramolecular Hbond substituents is 2. The van der Waals surface area contributed by atoms with Crippen molar-refractivity contribution in [1.82, 2.24) is 16.0 Å². The van der Waals surface area contributed by atoms with Gasteiger partial charge in [0.05, 0.1) is 6.04 Å². The van der Waals surface area contributed by atoms with Crippen LogP contribution in [0.15, 0.2) is 48.5 Å². The van der Waals surface area contributed by atoms with Gasteiger partial charge in [-0.1, -0.05) is 24.3 Å². The molecule has 0 spiro atoms. The number of amides is 3. The van der Waals surface area contributed by atoms with Crippen LogP contribution in [-0.4, -0.2) is 86.3 Å². The zero-order valence-electron chi connectivity index (χ0n) is 23.0. The molecule has 0 fully saturated rings. The fourth-order valence-electron chi connectivity index (χ4n) is 3.88. The van der Waals surface area contributed by atoms with Crippen LogP contribution >= 0.6 is 11.8 Å². The Labute approximate surface area is 246 Å². The molecule has 14 heteroatoms. The molecule has 4 atom stereocenters. The number of rotatable bonds is 17. The average molecular weight is 605 g/mol. The number of aliphatic carboxylic acids is 2. The quantitative estimate of drug-likeness (QED) is 0.123. The standard InChI is InChI=1S/C28H36N4O9S/c1-42-13-12-20(29)25(37)30-21(10-11-24(35)36)26(38)31-22(14-16-2-6-18(33)7-3-16)27(39)32-23(28(40)41)15-17-4-8-19(34)9-5-17/h2-9,20-23,33-34H,10-15,29H2,1H3,(H,30,37)(H,31,38)(H,32,39)(H,35,36)(H,40,41). The normalized spacial score (nSPS) is 13.7. The van der Waals surface area contributed by atoms with Crippen molar-refractivity contribution in [3.05, 3.63) is 59.7 Å². The molecule has 0 bridgehead atoms. The lowest BCUT2D eigenvalue weighted by atomic mass is 10.0. The largest absolute Gasteiger partial charge is 0.508 e. The fraction of sp³-hybridized carbons (Fsp3) is 0.393. The van der Waals surface area contributed by atoms with E-state index >= 15 is 0 Å². The summed E-state index contributed by atoms with van der Waals surface area (Å²) in [6.45, 7) is 0. The van der Waals surface area contributed by atoms with Gasteiger partial charge >= 0.3 is 11.9 Å². The van der Waals surface area contributed by atoms with E-state index in [0.29, 0.717) is 23.3 Å². The van der Waals surface area contributed by atoms with E-state index < -0.39 is 60.2 Å². The number of carboxylic acid groups (broad SMARTS) is 2. The fourth-order valence-corrected chi connectivity index (χ4v) is 4.37. The third kappa shape index (κ3) is 11.7. The summed E-state index contributed by atoms with van der Waals surface area (Å²) >= 11 is 1.48. The Kier molecular flexibility index (Phi) is 13.6. The second-order valence-electron chi connectivity index (χ2n) is 9.58. The first-order valence-electron chi connectivity index (χ1n) is 13.1. The molecule has 0 saturated heterocycles. The summed E-state index contributed by atoms with van der Waals surface area (Å²) in [5, 5.41) is 45.4. The molecule has 42 heavy (non-hydrogen) atoms. The first-order valence-corrected chi connectivity index (χ1v) is 14.4. The van der Waals surface area contributed by atoms with Crippen LogP contribution in [0, 0.1) is 0 Å². The minimum absolute atomic E-state index is 0.0129. The maximum atomic E-state index is 13.4. The highest BCUT2D eigenvalue weighted by Gasteiger charge is 2.31. The number of phenols is 2. The van der Waals surface area contributed by atoms with Gasteiger partial charge in [-0.15, -0.1) is 0 Å². The van der Waals surface area contributed by atoms with Gasteiger partial charge in [-0.05, 0) is 60.2 Å². The molecular formula is C28H36N4O9S. The van der Waals surface area contributed by atoms with Gasteiger partial charge in [0.15, 0.2) is 0 Å². The zero-order chi connectivity index (χ0) is 31.2. The van der Waals surface area contributed by atoms with Crippen molar-refractivity contribution in [2.24, 2.45) is 5.73 Å². The van der Waals surface area contributed by atoms with Gasteiger partial charge in [0.25, 0.3) is 0 Å². The second-order valence-corrected chi connectivity index (χ2v) is 10.6. The molecular weight excluding hydrogens is 568 g/mol. The van der Waals surface area contributed by atoms with Gasteiger partial charge in [0.2, 0.25) is 17.7 Å². The van der Waals surface area contributed by atoms with Crippen molar-refractivity contribution in [3.63, 3.8) is 0 Å². The molecule has 2 aromatic carbocycles. The minimum atomic E-state index is -1.39. The average Bonchev–Trinajstić information content (AvgIpc) is 2.94. The molecule has 0 aliphatic rings. The van der Waals surface area contributed by atoms with E-state index in [1.165, 1.54) is 60.3 Å². The van der Waals surface area contributed by atoms with Crippen LogP contribution in [0.4, 0.5) is 0 Å². The van der Waals surface area contributed by atoms with Crippen molar-refractivity contribution >= 4 is 41.4 Å². The smallest absolute Gasteiger partial charge is 0.326 e. The van der Waals surface area contributed by atoms with Crippen LogP contribution < -0.4 is 21.7 Å². The highest BCUT2D eigenvalue weighted by Crippen LogP contribution is 2.14. The number of carbonyl (C=O) groups excluding carboxylic acids is 3. The lowest BCUT2D eigenvalue weighted by Gasteiger charge is -2.25. The number of benzene rings is 2. The summed E-state index contributed by atoms with van der Waals surface area (Å²) in [7, 11) is 0. The zero-order valence-corrected chi connectivity index (χ0v) is 23.8. The molecule has 0 radical (unpaired) electrons. The summed E-state index contributed by atoms with van der Waals surface area (Å²) in [6, 6.07) is 6.55. The van der Waals surface area contributed by atoms with Gasteiger partial charge in [-0.25, -0.2) is 4.79 Å². The molecule has 2 rings (SSSR count). The third-order valence-corrected chi connectivity index (χ3v) is 6.89. The summed E-state index contributed by atoms with van der Waals surface area (Å²) in [5.41, 5.74) is 6.94. The first-order chi connectivity index (χ1) is 19.9. The van der Waals surface area contributed by atoms with Gasteiger partial charge in [0, 0.05) is 19.3 Å². The molecule has 9 N–H and O–H groups in total. The maximum absolute atomic E-state index is 13.4. The Morgan fingerprint density at radius 1 is 0.714 bits per heavy atom. The number of aromatic hydroxyl groups is 2. The topological polar surface area (TPSA) is 228 Å². The molecule has 3 amide bonds. The predicted molar refractivity (Wildman–Crippen MR) is 155 cm³/mol. The van der Waals surface area contributed by atoms with Crippen LogP contribution in [-0.2, 0) is 36.8 Å². The number of nitrogens with one attached hydrogen (secondary N) is 3. The third-order valence-electron chi connectivity index (χ3n) is 6.25. The maximum Gasteiger partial charge on any atom is 0.326 e. The molecule has 2 aromatic rings. The molecule has 4 unspecified atom stereocenters. The lowest BCUT2D eigenvalue weighted by molar-refractivity contribution is -0.142. The van der Waals surface area contributed by atoms with Gasteiger partial charge in [-0.3, -0.25) is 19.2 Å². The summed E-state index contributed by atoms with van der Waals surface area (Å²) < 4.78 is 0. The number of hydrogen-bond acceptors (Lipinski definition) is 9. The van der Waals surface area contributed by atoms with Crippen molar-refractivity contribution in [1.29, 1.82) is 0 Å². The van der Waals surface area contributed by atoms with Crippen LogP contribution in [0.3, 0.4) is 0 Å². The Balaban J connectivity index is 2.28. The van der Waals surface area contributed by atoms with Crippen LogP contribution in [0.25, 0.3) is 0 Å². The molecule has 0 aliphatic carbocycles. The monoisotopic (exact) mass is 604 g/mol. The highest BCUT2D eigenvalue weighted by atomic mass is 32.2. The van der Waals surface area contributed by atoms with E-state index in [-0.39, 0.29) is 30.8 Å². The summed E-state index contributed by atoms with van der Waals surface area (Å²) in [5.74, 6) is -4.35.